The van der Waals surface area contributed by atoms with Gasteiger partial charge in [0.2, 0.25) is 0 Å². The molecule has 0 unspecified atom stereocenters. The summed E-state index contributed by atoms with van der Waals surface area (Å²) < 4.78 is 10.4. The topological polar surface area (TPSA) is 59.0 Å². The van der Waals surface area contributed by atoms with Crippen molar-refractivity contribution in [3.63, 3.8) is 0 Å². The minimum Gasteiger partial charge on any atom is -0.493 e. The number of nitrogens with zero attached hydrogens (tertiary/aromatic N) is 1. The quantitative estimate of drug-likeness (QED) is 0.876. The number of carbonyl (C=O) groups is 1. The second-order valence-electron chi connectivity index (χ2n) is 5.00. The summed E-state index contributed by atoms with van der Waals surface area (Å²) in [6, 6.07) is 3.40. The molecule has 0 heterocycles. The maximum absolute atomic E-state index is 12.6. The molecule has 1 amide bonds. The average Bonchev–Trinajstić information content (AvgIpc) is 2.43. The van der Waals surface area contributed by atoms with Crippen molar-refractivity contribution >= 4 is 17.5 Å². The van der Waals surface area contributed by atoms with E-state index >= 15 is 0 Å². The summed E-state index contributed by atoms with van der Waals surface area (Å²) in [7, 11) is 3.00. The van der Waals surface area contributed by atoms with Crippen molar-refractivity contribution in [2.75, 3.05) is 27.4 Å². The lowest BCUT2D eigenvalue weighted by atomic mass is 9.91. The predicted octanol–water partition coefficient (Wildman–Crippen LogP) is 2.34. The monoisotopic (exact) mass is 313 g/mol. The number of halogens is 1. The summed E-state index contributed by atoms with van der Waals surface area (Å²) in [5.41, 5.74) is 0.443. The van der Waals surface area contributed by atoms with Crippen LogP contribution in [0, 0.1) is 0 Å². The third-order valence-electron chi connectivity index (χ3n) is 3.80. The molecule has 0 aliphatic heterocycles. The maximum atomic E-state index is 12.6. The number of rotatable bonds is 6. The van der Waals surface area contributed by atoms with E-state index in [1.807, 2.05) is 0 Å². The van der Waals surface area contributed by atoms with Crippen LogP contribution in [0.25, 0.3) is 0 Å². The molecule has 1 fully saturated rings. The minimum atomic E-state index is -0.142. The molecule has 0 saturated heterocycles. The SMILES string of the molecule is COc1cc(C(=O)N(CCO)C2CCC2)cc(Cl)c1OC. The Morgan fingerprint density at radius 2 is 2.10 bits per heavy atom. The summed E-state index contributed by atoms with van der Waals surface area (Å²) in [5.74, 6) is 0.690. The van der Waals surface area contributed by atoms with E-state index < -0.39 is 0 Å². The Kier molecular flexibility index (Phi) is 5.31. The first-order valence-corrected chi connectivity index (χ1v) is 7.33. The largest absolute Gasteiger partial charge is 0.493 e. The fourth-order valence-electron chi connectivity index (χ4n) is 2.46. The van der Waals surface area contributed by atoms with Crippen LogP contribution in [-0.2, 0) is 0 Å². The van der Waals surface area contributed by atoms with Gasteiger partial charge in [-0.3, -0.25) is 4.79 Å². The minimum absolute atomic E-state index is 0.0523. The lowest BCUT2D eigenvalue weighted by Crippen LogP contribution is -2.45. The summed E-state index contributed by atoms with van der Waals surface area (Å²) in [5, 5.41) is 9.51. The Morgan fingerprint density at radius 3 is 2.57 bits per heavy atom. The van der Waals surface area contributed by atoms with E-state index in [-0.39, 0.29) is 18.6 Å². The molecule has 0 bridgehead atoms. The molecular formula is C15H20ClNO4. The fourth-order valence-corrected chi connectivity index (χ4v) is 2.75. The highest BCUT2D eigenvalue weighted by molar-refractivity contribution is 6.32. The molecule has 1 saturated carbocycles. The second kappa shape index (κ2) is 7.00. The molecule has 1 aromatic carbocycles. The Morgan fingerprint density at radius 1 is 1.38 bits per heavy atom. The molecule has 116 valence electrons. The number of carbonyl (C=O) groups excluding carboxylic acids is 1. The summed E-state index contributed by atoms with van der Waals surface area (Å²) in [6.45, 7) is 0.277. The van der Waals surface area contributed by atoms with Crippen molar-refractivity contribution in [1.29, 1.82) is 0 Å². The van der Waals surface area contributed by atoms with Crippen LogP contribution < -0.4 is 9.47 Å². The standard InChI is InChI=1S/C15H20ClNO4/c1-20-13-9-10(8-12(16)14(13)21-2)15(19)17(6-7-18)11-4-3-5-11/h8-9,11,18H,3-7H2,1-2H3. The zero-order chi connectivity index (χ0) is 15.4. The van der Waals surface area contributed by atoms with Gasteiger partial charge >= 0.3 is 0 Å². The van der Waals surface area contributed by atoms with Gasteiger partial charge in [-0.15, -0.1) is 0 Å². The number of hydrogen-bond donors (Lipinski definition) is 1. The summed E-state index contributed by atoms with van der Waals surface area (Å²) >= 11 is 6.14. The van der Waals surface area contributed by atoms with Crippen LogP contribution >= 0.6 is 11.6 Å². The van der Waals surface area contributed by atoms with Gasteiger partial charge in [0.05, 0.1) is 25.8 Å². The van der Waals surface area contributed by atoms with Crippen LogP contribution in [0.2, 0.25) is 5.02 Å². The lowest BCUT2D eigenvalue weighted by Gasteiger charge is -2.37. The number of aliphatic hydroxyl groups excluding tert-OH is 1. The van der Waals surface area contributed by atoms with Crippen LogP contribution in [0.5, 0.6) is 11.5 Å². The van der Waals surface area contributed by atoms with Crippen molar-refractivity contribution in [2.24, 2.45) is 0 Å². The van der Waals surface area contributed by atoms with Crippen molar-refractivity contribution < 1.29 is 19.4 Å². The number of hydrogen-bond acceptors (Lipinski definition) is 4. The van der Waals surface area contributed by atoms with Crippen molar-refractivity contribution in [1.82, 2.24) is 4.90 Å². The molecule has 0 spiro atoms. The highest BCUT2D eigenvalue weighted by atomic mass is 35.5. The summed E-state index contributed by atoms with van der Waals surface area (Å²) in [4.78, 5) is 14.4. The Balaban J connectivity index is 2.30. The Bertz CT molecular complexity index is 517. The highest BCUT2D eigenvalue weighted by Crippen LogP contribution is 2.37. The first-order valence-electron chi connectivity index (χ1n) is 6.95. The molecule has 0 radical (unpaired) electrons. The number of methoxy groups -OCH3 is 2. The van der Waals surface area contributed by atoms with E-state index in [1.54, 1.807) is 17.0 Å². The zero-order valence-corrected chi connectivity index (χ0v) is 13.0. The van der Waals surface area contributed by atoms with Gasteiger partial charge in [0.15, 0.2) is 11.5 Å². The van der Waals surface area contributed by atoms with E-state index in [0.717, 1.165) is 19.3 Å². The van der Waals surface area contributed by atoms with Crippen LogP contribution in [0.15, 0.2) is 12.1 Å². The number of aliphatic hydroxyl groups is 1. The van der Waals surface area contributed by atoms with Gasteiger partial charge in [-0.05, 0) is 31.4 Å². The second-order valence-corrected chi connectivity index (χ2v) is 5.41. The van der Waals surface area contributed by atoms with Crippen molar-refractivity contribution in [3.05, 3.63) is 22.7 Å². The van der Waals surface area contributed by atoms with E-state index in [4.69, 9.17) is 21.1 Å². The van der Waals surface area contributed by atoms with Gasteiger partial charge in [-0.25, -0.2) is 0 Å². The van der Waals surface area contributed by atoms with Gasteiger partial charge in [0, 0.05) is 18.2 Å². The molecule has 0 aromatic heterocycles. The molecule has 0 atom stereocenters. The van der Waals surface area contributed by atoms with Gasteiger partial charge in [-0.1, -0.05) is 11.6 Å². The Labute approximate surface area is 129 Å². The third kappa shape index (κ3) is 3.24. The molecule has 21 heavy (non-hydrogen) atoms. The van der Waals surface area contributed by atoms with E-state index in [9.17, 15) is 9.90 Å². The molecule has 5 nitrogen and oxygen atoms in total. The summed E-state index contributed by atoms with van der Waals surface area (Å²) in [6.07, 6.45) is 3.08. The predicted molar refractivity (Wildman–Crippen MR) is 80.3 cm³/mol. The molecule has 1 N–H and O–H groups in total. The molecule has 6 heteroatoms. The average molecular weight is 314 g/mol. The molecule has 1 aliphatic carbocycles. The van der Waals surface area contributed by atoms with Gasteiger partial charge in [0.25, 0.3) is 5.91 Å². The van der Waals surface area contributed by atoms with E-state index in [0.29, 0.717) is 28.6 Å². The van der Waals surface area contributed by atoms with Crippen LogP contribution in [0.3, 0.4) is 0 Å². The maximum Gasteiger partial charge on any atom is 0.254 e. The molecular weight excluding hydrogens is 294 g/mol. The first-order chi connectivity index (χ1) is 10.1. The first kappa shape index (κ1) is 15.9. The lowest BCUT2D eigenvalue weighted by molar-refractivity contribution is 0.0525. The normalized spacial score (nSPS) is 14.5. The van der Waals surface area contributed by atoms with Gasteiger partial charge < -0.3 is 19.5 Å². The number of amides is 1. The fraction of sp³-hybridized carbons (Fsp3) is 0.533. The van der Waals surface area contributed by atoms with Gasteiger partial charge in [0.1, 0.15) is 0 Å². The van der Waals surface area contributed by atoms with E-state index in [2.05, 4.69) is 0 Å². The zero-order valence-electron chi connectivity index (χ0n) is 12.3. The van der Waals surface area contributed by atoms with Crippen LogP contribution in [0.4, 0.5) is 0 Å². The van der Waals surface area contributed by atoms with E-state index in [1.165, 1.54) is 14.2 Å². The Hall–Kier alpha value is -1.46. The van der Waals surface area contributed by atoms with Crippen LogP contribution in [0.1, 0.15) is 29.6 Å². The molecule has 1 aliphatic rings. The number of ether oxygens (including phenoxy) is 2. The van der Waals surface area contributed by atoms with Crippen molar-refractivity contribution in [2.45, 2.75) is 25.3 Å². The van der Waals surface area contributed by atoms with Gasteiger partial charge in [-0.2, -0.15) is 0 Å². The number of benzene rings is 1. The van der Waals surface area contributed by atoms with Crippen molar-refractivity contribution in [3.8, 4) is 11.5 Å². The highest BCUT2D eigenvalue weighted by Gasteiger charge is 2.29. The smallest absolute Gasteiger partial charge is 0.254 e. The third-order valence-corrected chi connectivity index (χ3v) is 4.08. The molecule has 1 aromatic rings. The van der Waals surface area contributed by atoms with Crippen LogP contribution in [-0.4, -0.2) is 49.3 Å². The molecule has 2 rings (SSSR count).